The third kappa shape index (κ3) is 3.08. The number of piperidine rings is 2. The van der Waals surface area contributed by atoms with Crippen LogP contribution in [0.3, 0.4) is 0 Å². The van der Waals surface area contributed by atoms with Crippen LogP contribution in [0, 0.1) is 5.92 Å². The zero-order valence-electron chi connectivity index (χ0n) is 15.4. The Hall–Kier alpha value is -1.81. The van der Waals surface area contributed by atoms with Gasteiger partial charge in [0.25, 0.3) is 5.91 Å². The third-order valence-electron chi connectivity index (χ3n) is 6.24. The first kappa shape index (κ1) is 16.6. The van der Waals surface area contributed by atoms with Gasteiger partial charge in [-0.1, -0.05) is 12.5 Å². The molecule has 2 saturated heterocycles. The van der Waals surface area contributed by atoms with Gasteiger partial charge in [0.1, 0.15) is 0 Å². The van der Waals surface area contributed by atoms with Crippen LogP contribution in [0.15, 0.2) is 30.5 Å². The van der Waals surface area contributed by atoms with Crippen LogP contribution in [0.1, 0.15) is 42.5 Å². The molecule has 2 fully saturated rings. The summed E-state index contributed by atoms with van der Waals surface area (Å²) in [5.41, 5.74) is 1.95. The number of nitrogens with zero attached hydrogens (tertiary/aromatic N) is 3. The molecular formula is C21H29N3O. The lowest BCUT2D eigenvalue weighted by Crippen LogP contribution is -2.51. The molecule has 0 N–H and O–H groups in total. The van der Waals surface area contributed by atoms with Crippen LogP contribution >= 0.6 is 0 Å². The van der Waals surface area contributed by atoms with Gasteiger partial charge in [-0.3, -0.25) is 4.79 Å². The van der Waals surface area contributed by atoms with Crippen LogP contribution in [0.5, 0.6) is 0 Å². The minimum atomic E-state index is 0.157. The summed E-state index contributed by atoms with van der Waals surface area (Å²) >= 11 is 0. The van der Waals surface area contributed by atoms with Crippen LogP contribution in [0.4, 0.5) is 0 Å². The monoisotopic (exact) mass is 339 g/mol. The average molecular weight is 339 g/mol. The first-order valence-electron chi connectivity index (χ1n) is 9.68. The summed E-state index contributed by atoms with van der Waals surface area (Å²) in [5.74, 6) is 0.780. The molecule has 0 aliphatic carbocycles. The lowest BCUT2D eigenvalue weighted by molar-refractivity contribution is 0.0403. The summed E-state index contributed by atoms with van der Waals surface area (Å²) in [4.78, 5) is 17.7. The number of fused-ring (bicyclic) bond motifs is 2. The summed E-state index contributed by atoms with van der Waals surface area (Å²) in [7, 11) is 4.01. The Kier molecular flexibility index (Phi) is 4.55. The molecule has 25 heavy (non-hydrogen) atoms. The van der Waals surface area contributed by atoms with E-state index in [2.05, 4.69) is 21.6 Å². The van der Waals surface area contributed by atoms with Crippen molar-refractivity contribution >= 4 is 16.8 Å². The van der Waals surface area contributed by atoms with Gasteiger partial charge >= 0.3 is 0 Å². The van der Waals surface area contributed by atoms with E-state index >= 15 is 0 Å². The average Bonchev–Trinajstić information content (AvgIpc) is 3.03. The molecule has 4 rings (SSSR count). The van der Waals surface area contributed by atoms with Crippen LogP contribution < -0.4 is 0 Å². The van der Waals surface area contributed by atoms with Gasteiger partial charge in [-0.2, -0.15) is 0 Å². The van der Waals surface area contributed by atoms with E-state index in [4.69, 9.17) is 0 Å². The minimum absolute atomic E-state index is 0.157. The Bertz CT molecular complexity index is 764. The molecule has 0 radical (unpaired) electrons. The lowest BCUT2D eigenvalue weighted by atomic mass is 9.83. The van der Waals surface area contributed by atoms with E-state index in [1.54, 1.807) is 0 Å². The topological polar surface area (TPSA) is 28.5 Å². The van der Waals surface area contributed by atoms with Crippen molar-refractivity contribution in [2.45, 2.75) is 38.1 Å². The van der Waals surface area contributed by atoms with Crippen molar-refractivity contribution in [3.63, 3.8) is 0 Å². The number of hydrogen-bond donors (Lipinski definition) is 0. The van der Waals surface area contributed by atoms with Crippen molar-refractivity contribution in [3.05, 3.63) is 36.0 Å². The van der Waals surface area contributed by atoms with Crippen molar-refractivity contribution in [3.8, 4) is 0 Å². The molecule has 0 unspecified atom stereocenters. The predicted molar refractivity (Wildman–Crippen MR) is 102 cm³/mol. The van der Waals surface area contributed by atoms with Crippen LogP contribution in [-0.2, 0) is 7.05 Å². The summed E-state index contributed by atoms with van der Waals surface area (Å²) in [5, 5.41) is 1.06. The first-order chi connectivity index (χ1) is 12.1. The fourth-order valence-electron chi connectivity index (χ4n) is 4.92. The lowest BCUT2D eigenvalue weighted by Gasteiger charge is -2.45. The highest BCUT2D eigenvalue weighted by Gasteiger charge is 2.34. The summed E-state index contributed by atoms with van der Waals surface area (Å²) < 4.78 is 2.08. The number of aromatic nitrogens is 1. The highest BCUT2D eigenvalue weighted by atomic mass is 16.2. The SMILES string of the molecule is CN(C[C@@H]1CCCN2CCCC[C@H]12)C(=O)c1cccc2c1ccn2C. The van der Waals surface area contributed by atoms with Gasteiger partial charge in [0.15, 0.2) is 0 Å². The first-order valence-corrected chi connectivity index (χ1v) is 9.68. The fourth-order valence-corrected chi connectivity index (χ4v) is 4.92. The molecule has 2 aliphatic heterocycles. The van der Waals surface area contributed by atoms with Gasteiger partial charge in [-0.15, -0.1) is 0 Å². The fraction of sp³-hybridized carbons (Fsp3) is 0.571. The van der Waals surface area contributed by atoms with E-state index in [9.17, 15) is 4.79 Å². The molecule has 2 aromatic rings. The number of rotatable bonds is 3. The maximum atomic E-state index is 13.1. The molecular weight excluding hydrogens is 310 g/mol. The van der Waals surface area contributed by atoms with Gasteiger partial charge in [0.05, 0.1) is 0 Å². The van der Waals surface area contributed by atoms with Crippen LogP contribution in [0.25, 0.3) is 10.9 Å². The van der Waals surface area contributed by atoms with Gasteiger partial charge < -0.3 is 14.4 Å². The van der Waals surface area contributed by atoms with Crippen molar-refractivity contribution < 1.29 is 4.79 Å². The summed E-state index contributed by atoms with van der Waals surface area (Å²) in [6, 6.07) is 8.78. The highest BCUT2D eigenvalue weighted by molar-refractivity contribution is 6.06. The zero-order valence-corrected chi connectivity index (χ0v) is 15.4. The van der Waals surface area contributed by atoms with E-state index in [0.717, 1.165) is 23.0 Å². The van der Waals surface area contributed by atoms with Crippen molar-refractivity contribution in [1.29, 1.82) is 0 Å². The largest absolute Gasteiger partial charge is 0.351 e. The van der Waals surface area contributed by atoms with E-state index in [0.29, 0.717) is 12.0 Å². The molecule has 0 saturated carbocycles. The van der Waals surface area contributed by atoms with Gasteiger partial charge in [0, 0.05) is 49.3 Å². The van der Waals surface area contributed by atoms with Crippen molar-refractivity contribution in [1.82, 2.24) is 14.4 Å². The molecule has 1 amide bonds. The number of carbonyl (C=O) groups is 1. The summed E-state index contributed by atoms with van der Waals surface area (Å²) in [6.45, 7) is 3.38. The molecule has 4 nitrogen and oxygen atoms in total. The highest BCUT2D eigenvalue weighted by Crippen LogP contribution is 2.31. The molecule has 1 aromatic carbocycles. The number of benzene rings is 1. The van der Waals surface area contributed by atoms with E-state index in [-0.39, 0.29) is 5.91 Å². The van der Waals surface area contributed by atoms with Crippen molar-refractivity contribution in [2.24, 2.45) is 13.0 Å². The standard InChI is InChI=1S/C21H29N3O/c1-22-14-11-17-18(8-5-10-20(17)22)21(25)23(2)15-16-7-6-13-24-12-4-3-9-19(16)24/h5,8,10-11,14,16,19H,3-4,6-7,9,12-13,15H2,1-2H3/t16-,19+/m0/s1. The number of carbonyl (C=O) groups excluding carboxylic acids is 1. The van der Waals surface area contributed by atoms with E-state index in [1.807, 2.05) is 37.3 Å². The quantitative estimate of drug-likeness (QED) is 0.856. The second-order valence-electron chi connectivity index (χ2n) is 7.85. The normalized spacial score (nSPS) is 24.2. The number of aryl methyl sites for hydroxylation is 1. The Labute approximate surface area is 150 Å². The minimum Gasteiger partial charge on any atom is -0.351 e. The van der Waals surface area contributed by atoms with Crippen molar-refractivity contribution in [2.75, 3.05) is 26.7 Å². The molecule has 3 heterocycles. The zero-order chi connectivity index (χ0) is 17.4. The maximum absolute atomic E-state index is 13.1. The Morgan fingerprint density at radius 1 is 1.16 bits per heavy atom. The number of hydrogen-bond acceptors (Lipinski definition) is 2. The second-order valence-corrected chi connectivity index (χ2v) is 7.85. The molecule has 4 heteroatoms. The van der Waals surface area contributed by atoms with Gasteiger partial charge in [0.2, 0.25) is 0 Å². The third-order valence-corrected chi connectivity index (χ3v) is 6.24. The van der Waals surface area contributed by atoms with Gasteiger partial charge in [-0.25, -0.2) is 0 Å². The molecule has 1 aromatic heterocycles. The van der Waals surface area contributed by atoms with Crippen LogP contribution in [-0.4, -0.2) is 53.0 Å². The Morgan fingerprint density at radius 3 is 2.88 bits per heavy atom. The molecule has 0 spiro atoms. The number of amides is 1. The van der Waals surface area contributed by atoms with Gasteiger partial charge in [-0.05, 0) is 62.9 Å². The molecule has 2 aliphatic rings. The van der Waals surface area contributed by atoms with E-state index in [1.165, 1.54) is 45.2 Å². The Balaban J connectivity index is 1.52. The second kappa shape index (κ2) is 6.83. The molecule has 0 bridgehead atoms. The van der Waals surface area contributed by atoms with E-state index < -0.39 is 0 Å². The maximum Gasteiger partial charge on any atom is 0.254 e. The molecule has 2 atom stereocenters. The predicted octanol–water partition coefficient (Wildman–Crippen LogP) is 3.51. The molecule has 134 valence electrons. The Morgan fingerprint density at radius 2 is 2.00 bits per heavy atom. The van der Waals surface area contributed by atoms with Crippen LogP contribution in [0.2, 0.25) is 0 Å². The summed E-state index contributed by atoms with van der Waals surface area (Å²) in [6.07, 6.45) is 8.56. The smallest absolute Gasteiger partial charge is 0.254 e.